The first kappa shape index (κ1) is 22.7. The molecule has 0 aliphatic carbocycles. The predicted molar refractivity (Wildman–Crippen MR) is 176 cm³/mol. The van der Waals surface area contributed by atoms with Crippen molar-refractivity contribution >= 4 is 70.9 Å². The van der Waals surface area contributed by atoms with Crippen molar-refractivity contribution in [3.63, 3.8) is 0 Å². The van der Waals surface area contributed by atoms with Crippen LogP contribution < -0.4 is 4.90 Å². The van der Waals surface area contributed by atoms with Crippen molar-refractivity contribution in [2.45, 2.75) is 12.8 Å². The lowest BCUT2D eigenvalue weighted by molar-refractivity contribution is 0.977. The van der Waals surface area contributed by atoms with Crippen LogP contribution in [0, 0.1) is 0 Å². The second-order valence-electron chi connectivity index (χ2n) is 11.2. The fourth-order valence-electron chi connectivity index (χ4n) is 7.31. The zero-order chi connectivity index (χ0) is 26.9. The quantitative estimate of drug-likeness (QED) is 0.194. The molecule has 1 nitrogen and oxygen atoms in total. The molecule has 0 saturated heterocycles. The Kier molecular flexibility index (Phi) is 4.80. The molecule has 0 atom stereocenters. The number of para-hydroxylation sites is 2. The molecule has 0 aromatic heterocycles. The summed E-state index contributed by atoms with van der Waals surface area (Å²) in [6, 6.07) is 51.7. The monoisotopic (exact) mass is 521 g/mol. The highest BCUT2D eigenvalue weighted by atomic mass is 15.1. The molecule has 0 fully saturated rings. The number of hydrogen-bond acceptors (Lipinski definition) is 1. The summed E-state index contributed by atoms with van der Waals surface area (Å²) in [4.78, 5) is 2.49. The van der Waals surface area contributed by atoms with Crippen molar-refractivity contribution < 1.29 is 0 Å². The molecule has 0 N–H and O–H groups in total. The summed E-state index contributed by atoms with van der Waals surface area (Å²) < 4.78 is 0. The Morgan fingerprint density at radius 3 is 1.24 bits per heavy atom. The summed E-state index contributed by atoms with van der Waals surface area (Å²) >= 11 is 0. The van der Waals surface area contributed by atoms with Gasteiger partial charge in [0.2, 0.25) is 0 Å². The van der Waals surface area contributed by atoms with Crippen molar-refractivity contribution in [1.29, 1.82) is 0 Å². The second kappa shape index (κ2) is 8.68. The van der Waals surface area contributed by atoms with Crippen molar-refractivity contribution in [2.75, 3.05) is 4.90 Å². The molecule has 1 aliphatic heterocycles. The van der Waals surface area contributed by atoms with Crippen LogP contribution in [0.2, 0.25) is 0 Å². The van der Waals surface area contributed by atoms with Gasteiger partial charge in [0.05, 0.1) is 0 Å². The molecule has 0 unspecified atom stereocenters. The molecular formula is C40H27N. The first-order valence-electron chi connectivity index (χ1n) is 14.5. The molecule has 0 amide bonds. The van der Waals surface area contributed by atoms with E-state index in [0.29, 0.717) is 0 Å². The van der Waals surface area contributed by atoms with Gasteiger partial charge in [-0.3, -0.25) is 0 Å². The van der Waals surface area contributed by atoms with Crippen molar-refractivity contribution in [1.82, 2.24) is 0 Å². The lowest BCUT2D eigenvalue weighted by Gasteiger charge is -2.28. The van der Waals surface area contributed by atoms with Gasteiger partial charge in [0, 0.05) is 17.1 Å². The van der Waals surface area contributed by atoms with E-state index in [0.717, 1.165) is 12.8 Å². The fraction of sp³-hybridized carbons (Fsp3) is 0.0500. The molecule has 0 spiro atoms. The Morgan fingerprint density at radius 1 is 0.341 bits per heavy atom. The van der Waals surface area contributed by atoms with Crippen molar-refractivity contribution in [3.8, 4) is 0 Å². The first-order valence-corrected chi connectivity index (χ1v) is 14.5. The maximum absolute atomic E-state index is 2.49. The summed E-state index contributed by atoms with van der Waals surface area (Å²) in [6.07, 6.45) is 2.09. The molecule has 9 rings (SSSR count). The average molecular weight is 522 g/mol. The summed E-state index contributed by atoms with van der Waals surface area (Å²) in [5.74, 6) is 0. The zero-order valence-electron chi connectivity index (χ0n) is 22.6. The number of fused-ring (bicyclic) bond motifs is 13. The van der Waals surface area contributed by atoms with Crippen LogP contribution in [0.1, 0.15) is 11.1 Å². The molecule has 0 saturated carbocycles. The zero-order valence-corrected chi connectivity index (χ0v) is 22.6. The Morgan fingerprint density at radius 2 is 0.732 bits per heavy atom. The first-order chi connectivity index (χ1) is 20.4. The van der Waals surface area contributed by atoms with Crippen LogP contribution in [0.25, 0.3) is 53.9 Å². The van der Waals surface area contributed by atoms with E-state index < -0.39 is 0 Å². The van der Waals surface area contributed by atoms with Crippen LogP contribution in [0.5, 0.6) is 0 Å². The maximum Gasteiger partial charge on any atom is 0.0493 e. The minimum atomic E-state index is 1.04. The van der Waals surface area contributed by atoms with Crippen LogP contribution in [0.3, 0.4) is 0 Å². The van der Waals surface area contributed by atoms with Gasteiger partial charge in [-0.25, -0.2) is 0 Å². The number of rotatable bonds is 1. The van der Waals surface area contributed by atoms with Gasteiger partial charge >= 0.3 is 0 Å². The minimum absolute atomic E-state index is 1.04. The van der Waals surface area contributed by atoms with Gasteiger partial charge in [-0.15, -0.1) is 0 Å². The van der Waals surface area contributed by atoms with Crippen LogP contribution in [0.4, 0.5) is 17.1 Å². The van der Waals surface area contributed by atoms with E-state index in [1.54, 1.807) is 0 Å². The van der Waals surface area contributed by atoms with E-state index >= 15 is 0 Å². The van der Waals surface area contributed by atoms with E-state index in [4.69, 9.17) is 0 Å². The molecule has 41 heavy (non-hydrogen) atoms. The van der Waals surface area contributed by atoms with Crippen molar-refractivity contribution in [3.05, 3.63) is 151 Å². The van der Waals surface area contributed by atoms with Gasteiger partial charge in [0.1, 0.15) is 0 Å². The number of aryl methyl sites for hydroxylation is 2. The van der Waals surface area contributed by atoms with Crippen LogP contribution in [-0.2, 0) is 12.8 Å². The highest BCUT2D eigenvalue weighted by Gasteiger charge is 2.23. The highest BCUT2D eigenvalue weighted by Crippen LogP contribution is 2.47. The van der Waals surface area contributed by atoms with Gasteiger partial charge < -0.3 is 4.90 Å². The van der Waals surface area contributed by atoms with E-state index in [9.17, 15) is 0 Å². The highest BCUT2D eigenvalue weighted by molar-refractivity contribution is 6.39. The Bertz CT molecular complexity index is 2260. The number of benzene rings is 8. The molecule has 8 aromatic carbocycles. The average Bonchev–Trinajstić information content (AvgIpc) is 3.21. The van der Waals surface area contributed by atoms with Crippen LogP contribution in [-0.4, -0.2) is 0 Å². The molecule has 1 heterocycles. The molecular weight excluding hydrogens is 494 g/mol. The SMILES string of the molecule is c1ccc2c(c1)CCc1ccccc1N2c1ccc2c3ccccc3c3c4ccccc4c4ccccc4c3c2c1. The van der Waals surface area contributed by atoms with Crippen molar-refractivity contribution in [2.24, 2.45) is 0 Å². The summed E-state index contributed by atoms with van der Waals surface area (Å²) in [7, 11) is 0. The summed E-state index contributed by atoms with van der Waals surface area (Å²) in [5, 5.41) is 13.2. The van der Waals surface area contributed by atoms with E-state index in [1.807, 2.05) is 0 Å². The standard InChI is InChI=1S/C40H27N/c1-9-19-37-26(11-1)21-22-27-12-2-10-20-38(27)41(37)28-23-24-32-31-15-5-7-17-34(31)39-33-16-6-3-13-29(33)30-14-4-8-18-35(30)40(39)36(32)25-28/h1-20,23-25H,21-22H2. The second-order valence-corrected chi connectivity index (χ2v) is 11.2. The lowest BCUT2D eigenvalue weighted by Crippen LogP contribution is -2.11. The minimum Gasteiger partial charge on any atom is -0.310 e. The van der Waals surface area contributed by atoms with E-state index in [2.05, 4.69) is 144 Å². The number of anilines is 3. The smallest absolute Gasteiger partial charge is 0.0493 e. The molecule has 1 heteroatoms. The maximum atomic E-state index is 2.49. The molecule has 1 aliphatic rings. The third-order valence-electron chi connectivity index (χ3n) is 9.08. The van der Waals surface area contributed by atoms with Gasteiger partial charge in [-0.05, 0) is 102 Å². The topological polar surface area (TPSA) is 3.24 Å². The van der Waals surface area contributed by atoms with Gasteiger partial charge in [-0.1, -0.05) is 115 Å². The number of hydrogen-bond donors (Lipinski definition) is 0. The molecule has 192 valence electrons. The summed E-state index contributed by atoms with van der Waals surface area (Å²) in [5.41, 5.74) is 6.54. The third-order valence-corrected chi connectivity index (χ3v) is 9.08. The molecule has 0 bridgehead atoms. The Labute approximate surface area is 238 Å². The lowest BCUT2D eigenvalue weighted by atomic mass is 9.87. The van der Waals surface area contributed by atoms with E-state index in [1.165, 1.54) is 82.1 Å². The Balaban J connectivity index is 1.48. The molecule has 8 aromatic rings. The van der Waals surface area contributed by atoms with E-state index in [-0.39, 0.29) is 0 Å². The normalized spacial score (nSPS) is 13.1. The third kappa shape index (κ3) is 3.24. The van der Waals surface area contributed by atoms with Gasteiger partial charge in [-0.2, -0.15) is 0 Å². The number of nitrogens with zero attached hydrogens (tertiary/aromatic N) is 1. The van der Waals surface area contributed by atoms with Gasteiger partial charge in [0.15, 0.2) is 0 Å². The van der Waals surface area contributed by atoms with Gasteiger partial charge in [0.25, 0.3) is 0 Å². The predicted octanol–water partition coefficient (Wildman–Crippen LogP) is 11.0. The fourth-order valence-corrected chi connectivity index (χ4v) is 7.31. The largest absolute Gasteiger partial charge is 0.310 e. The molecule has 0 radical (unpaired) electrons. The van der Waals surface area contributed by atoms with Crippen LogP contribution >= 0.6 is 0 Å². The summed E-state index contributed by atoms with van der Waals surface area (Å²) in [6.45, 7) is 0. The van der Waals surface area contributed by atoms with Crippen LogP contribution in [0.15, 0.2) is 140 Å². The Hall–Kier alpha value is -5.14.